The molecule has 0 spiro atoms. The van der Waals surface area contributed by atoms with Crippen molar-refractivity contribution in [3.05, 3.63) is 35.2 Å². The highest BCUT2D eigenvalue weighted by molar-refractivity contribution is 7.99. The molecule has 0 aliphatic rings. The fourth-order valence-corrected chi connectivity index (χ4v) is 2.40. The first-order valence-corrected chi connectivity index (χ1v) is 7.78. The second-order valence-corrected chi connectivity index (χ2v) is 6.09. The number of carbonyl (C=O) groups is 1. The van der Waals surface area contributed by atoms with Crippen molar-refractivity contribution in [2.45, 2.75) is 38.8 Å². The van der Waals surface area contributed by atoms with E-state index in [2.05, 4.69) is 15.5 Å². The monoisotopic (exact) mass is 305 g/mol. The van der Waals surface area contributed by atoms with Gasteiger partial charge in [-0.1, -0.05) is 43.8 Å². The summed E-state index contributed by atoms with van der Waals surface area (Å²) < 4.78 is 5.45. The molecule has 0 radical (unpaired) electrons. The Morgan fingerprint density at radius 1 is 1.29 bits per heavy atom. The molecule has 1 heterocycles. The van der Waals surface area contributed by atoms with Gasteiger partial charge in [-0.2, -0.15) is 0 Å². The molecule has 0 bridgehead atoms. The number of nitrogens with zero attached hydrogens (tertiary/aromatic N) is 2. The summed E-state index contributed by atoms with van der Waals surface area (Å²) in [4.78, 5) is 12.0. The Kier molecular flexibility index (Phi) is 5.01. The smallest absolute Gasteiger partial charge is 0.277 e. The molecular weight excluding hydrogens is 286 g/mol. The van der Waals surface area contributed by atoms with Crippen LogP contribution in [0.1, 0.15) is 36.8 Å². The summed E-state index contributed by atoms with van der Waals surface area (Å²) in [6.07, 6.45) is 0. The first-order valence-electron chi connectivity index (χ1n) is 6.79. The largest absolute Gasteiger partial charge is 0.416 e. The van der Waals surface area contributed by atoms with Crippen molar-refractivity contribution in [3.63, 3.8) is 0 Å². The predicted octanol–water partition coefficient (Wildman–Crippen LogP) is 3.54. The van der Waals surface area contributed by atoms with Crippen molar-refractivity contribution in [2.75, 3.05) is 11.1 Å². The van der Waals surface area contributed by atoms with Crippen LogP contribution in [0.3, 0.4) is 0 Å². The number of nitrogens with one attached hydrogen (secondary N) is 1. The van der Waals surface area contributed by atoms with Crippen molar-refractivity contribution in [2.24, 2.45) is 0 Å². The van der Waals surface area contributed by atoms with Gasteiger partial charge in [-0.15, -0.1) is 10.2 Å². The molecule has 0 aliphatic carbocycles. The van der Waals surface area contributed by atoms with E-state index in [0.717, 1.165) is 16.8 Å². The van der Waals surface area contributed by atoms with Gasteiger partial charge in [0.1, 0.15) is 0 Å². The van der Waals surface area contributed by atoms with Crippen LogP contribution in [-0.4, -0.2) is 21.9 Å². The molecule has 2 rings (SSSR count). The minimum absolute atomic E-state index is 0.0818. The summed E-state index contributed by atoms with van der Waals surface area (Å²) >= 11 is 1.25. The summed E-state index contributed by atoms with van der Waals surface area (Å²) in [7, 11) is 0. The summed E-state index contributed by atoms with van der Waals surface area (Å²) in [6.45, 7) is 7.91. The molecule has 6 heteroatoms. The van der Waals surface area contributed by atoms with E-state index >= 15 is 0 Å². The van der Waals surface area contributed by atoms with Gasteiger partial charge in [0.15, 0.2) is 0 Å². The van der Waals surface area contributed by atoms with Gasteiger partial charge >= 0.3 is 0 Å². The number of aromatic nitrogens is 2. The zero-order valence-corrected chi connectivity index (χ0v) is 13.5. The van der Waals surface area contributed by atoms with Crippen LogP contribution in [0.15, 0.2) is 27.8 Å². The minimum Gasteiger partial charge on any atom is -0.416 e. The lowest BCUT2D eigenvalue weighted by Gasteiger charge is -2.10. The van der Waals surface area contributed by atoms with E-state index in [-0.39, 0.29) is 17.6 Å². The Hall–Kier alpha value is -1.82. The highest BCUT2D eigenvalue weighted by atomic mass is 32.2. The molecular formula is C15H19N3O2S. The summed E-state index contributed by atoms with van der Waals surface area (Å²) in [5, 5.41) is 11.2. The molecule has 5 nitrogen and oxygen atoms in total. The van der Waals surface area contributed by atoms with Gasteiger partial charge in [0.25, 0.3) is 5.22 Å². The van der Waals surface area contributed by atoms with Crippen LogP contribution in [0.4, 0.5) is 5.69 Å². The second kappa shape index (κ2) is 6.76. The molecule has 0 atom stereocenters. The van der Waals surface area contributed by atoms with Crippen LogP contribution in [0, 0.1) is 13.8 Å². The maximum Gasteiger partial charge on any atom is 0.277 e. The van der Waals surface area contributed by atoms with E-state index in [1.807, 2.05) is 45.9 Å². The third-order valence-corrected chi connectivity index (χ3v) is 3.81. The Morgan fingerprint density at radius 2 is 1.95 bits per heavy atom. The fourth-order valence-electron chi connectivity index (χ4n) is 1.83. The van der Waals surface area contributed by atoms with E-state index in [1.54, 1.807) is 0 Å². The van der Waals surface area contributed by atoms with E-state index in [4.69, 9.17) is 4.42 Å². The minimum atomic E-state index is -0.0818. The number of para-hydroxylation sites is 1. The number of anilines is 1. The number of hydrogen-bond donors (Lipinski definition) is 1. The topological polar surface area (TPSA) is 68.0 Å². The lowest BCUT2D eigenvalue weighted by molar-refractivity contribution is -0.113. The lowest BCUT2D eigenvalue weighted by atomic mass is 10.1. The average molecular weight is 305 g/mol. The molecule has 1 aromatic carbocycles. The molecule has 2 aromatic rings. The molecule has 0 saturated carbocycles. The Labute approximate surface area is 128 Å². The third-order valence-electron chi connectivity index (χ3n) is 2.99. The third kappa shape index (κ3) is 4.07. The van der Waals surface area contributed by atoms with Gasteiger partial charge in [0, 0.05) is 11.6 Å². The van der Waals surface area contributed by atoms with Crippen LogP contribution < -0.4 is 5.32 Å². The quantitative estimate of drug-likeness (QED) is 0.856. The van der Waals surface area contributed by atoms with Gasteiger partial charge < -0.3 is 9.73 Å². The van der Waals surface area contributed by atoms with Crippen molar-refractivity contribution in [1.29, 1.82) is 0 Å². The fraction of sp³-hybridized carbons (Fsp3) is 0.400. The SMILES string of the molecule is Cc1cccc(C)c1NC(=O)CSc1nnc(C(C)C)o1. The highest BCUT2D eigenvalue weighted by Gasteiger charge is 2.13. The second-order valence-electron chi connectivity index (χ2n) is 5.16. The Bertz CT molecular complexity index is 617. The van der Waals surface area contributed by atoms with Crippen LogP contribution >= 0.6 is 11.8 Å². The van der Waals surface area contributed by atoms with Crippen LogP contribution in [0.5, 0.6) is 0 Å². The molecule has 0 fully saturated rings. The molecule has 112 valence electrons. The summed E-state index contributed by atoms with van der Waals surface area (Å²) in [6, 6.07) is 5.92. The molecule has 21 heavy (non-hydrogen) atoms. The lowest BCUT2D eigenvalue weighted by Crippen LogP contribution is -2.15. The van der Waals surface area contributed by atoms with Crippen molar-refractivity contribution < 1.29 is 9.21 Å². The number of carbonyl (C=O) groups excluding carboxylic acids is 1. The molecule has 1 aromatic heterocycles. The number of benzene rings is 1. The summed E-state index contributed by atoms with van der Waals surface area (Å²) in [5.41, 5.74) is 2.97. The van der Waals surface area contributed by atoms with Gasteiger partial charge in [-0.05, 0) is 25.0 Å². The standard InChI is InChI=1S/C15H19N3O2S/c1-9(2)14-17-18-15(20-14)21-8-12(19)16-13-10(3)6-5-7-11(13)4/h5-7,9H,8H2,1-4H3,(H,16,19). The zero-order chi connectivity index (χ0) is 15.4. The molecule has 1 amide bonds. The zero-order valence-electron chi connectivity index (χ0n) is 12.6. The van der Waals surface area contributed by atoms with Crippen molar-refractivity contribution in [1.82, 2.24) is 10.2 Å². The van der Waals surface area contributed by atoms with E-state index in [1.165, 1.54) is 11.8 Å². The van der Waals surface area contributed by atoms with E-state index < -0.39 is 0 Å². The number of amides is 1. The maximum atomic E-state index is 12.0. The van der Waals surface area contributed by atoms with E-state index in [9.17, 15) is 4.79 Å². The molecule has 0 aliphatic heterocycles. The number of thioether (sulfide) groups is 1. The van der Waals surface area contributed by atoms with Gasteiger partial charge in [-0.25, -0.2) is 0 Å². The van der Waals surface area contributed by atoms with Gasteiger partial charge in [-0.3, -0.25) is 4.79 Å². The van der Waals surface area contributed by atoms with Crippen LogP contribution in [0.25, 0.3) is 0 Å². The number of aryl methyl sites for hydroxylation is 2. The average Bonchev–Trinajstić information content (AvgIpc) is 2.90. The van der Waals surface area contributed by atoms with Gasteiger partial charge in [0.05, 0.1) is 5.75 Å². The summed E-state index contributed by atoms with van der Waals surface area (Å²) in [5.74, 6) is 0.942. The van der Waals surface area contributed by atoms with Crippen LogP contribution in [0.2, 0.25) is 0 Å². The molecule has 0 saturated heterocycles. The Balaban J connectivity index is 1.93. The highest BCUT2D eigenvalue weighted by Crippen LogP contribution is 2.22. The Morgan fingerprint density at radius 3 is 2.52 bits per heavy atom. The predicted molar refractivity (Wildman–Crippen MR) is 83.7 cm³/mol. The normalized spacial score (nSPS) is 10.9. The van der Waals surface area contributed by atoms with Crippen molar-refractivity contribution >= 4 is 23.4 Å². The molecule has 1 N–H and O–H groups in total. The number of rotatable bonds is 5. The first-order chi connectivity index (χ1) is 9.97. The first kappa shape index (κ1) is 15.6. The van der Waals surface area contributed by atoms with Crippen LogP contribution in [-0.2, 0) is 4.79 Å². The van der Waals surface area contributed by atoms with Crippen molar-refractivity contribution in [3.8, 4) is 0 Å². The molecule has 0 unspecified atom stereocenters. The number of hydrogen-bond acceptors (Lipinski definition) is 5. The van der Waals surface area contributed by atoms with E-state index in [0.29, 0.717) is 11.1 Å². The maximum absolute atomic E-state index is 12.0. The van der Waals surface area contributed by atoms with Gasteiger partial charge in [0.2, 0.25) is 11.8 Å².